The van der Waals surface area contributed by atoms with E-state index in [2.05, 4.69) is 98.9 Å². The molecule has 2 rings (SSSR count). The molecule has 0 aromatic heterocycles. The van der Waals surface area contributed by atoms with Crippen LogP contribution in [0.5, 0.6) is 0 Å². The topological polar surface area (TPSA) is 64.4 Å². The summed E-state index contributed by atoms with van der Waals surface area (Å²) < 4.78 is 7.28. The Kier molecular flexibility index (Phi) is 10.3. The average Bonchev–Trinajstić information content (AvgIpc) is 2.82. The maximum Gasteiger partial charge on any atom is 0.261 e. The number of nitrogens with two attached hydrogens (primary N) is 1. The molecule has 2 atom stereocenters. The van der Waals surface area contributed by atoms with E-state index in [9.17, 15) is 4.79 Å². The Morgan fingerprint density at radius 1 is 0.914 bits per heavy atom. The molecule has 0 aliphatic rings. The minimum Gasteiger partial charge on any atom is -0.404 e. The molecule has 0 heterocycles. The van der Waals surface area contributed by atoms with Crippen LogP contribution >= 0.6 is 0 Å². The molecule has 5 heteroatoms. The molecule has 2 aromatic rings. The fraction of sp³-hybridized carbons (Fsp3) is 0.433. The summed E-state index contributed by atoms with van der Waals surface area (Å²) in [6, 6.07) is 20.8. The highest BCUT2D eigenvalue weighted by atomic mass is 28.4. The Hall–Kier alpha value is -2.47. The Labute approximate surface area is 213 Å². The highest BCUT2D eigenvalue weighted by molar-refractivity contribution is 6.99. The molecule has 4 nitrogen and oxygen atoms in total. The quantitative estimate of drug-likeness (QED) is 0.350. The zero-order valence-corrected chi connectivity index (χ0v) is 23.5. The summed E-state index contributed by atoms with van der Waals surface area (Å²) in [6.07, 6.45) is 9.35. The molecule has 3 N–H and O–H groups in total. The van der Waals surface area contributed by atoms with E-state index >= 15 is 0 Å². The third-order valence-electron chi connectivity index (χ3n) is 6.35. The second-order valence-corrected chi connectivity index (χ2v) is 15.5. The summed E-state index contributed by atoms with van der Waals surface area (Å²) in [5.74, 6) is -0.174. The molecular weight excluding hydrogens is 448 g/mol. The van der Waals surface area contributed by atoms with Crippen molar-refractivity contribution < 1.29 is 9.22 Å². The van der Waals surface area contributed by atoms with Gasteiger partial charge < -0.3 is 15.5 Å². The van der Waals surface area contributed by atoms with Crippen LogP contribution in [0.4, 0.5) is 0 Å². The lowest BCUT2D eigenvalue weighted by Crippen LogP contribution is -2.67. The number of amides is 1. The largest absolute Gasteiger partial charge is 0.404 e. The summed E-state index contributed by atoms with van der Waals surface area (Å²) in [5.41, 5.74) is 5.79. The van der Waals surface area contributed by atoms with E-state index in [0.717, 1.165) is 6.42 Å². The smallest absolute Gasteiger partial charge is 0.261 e. The minimum atomic E-state index is -2.66. The second-order valence-electron chi connectivity index (χ2n) is 11.2. The van der Waals surface area contributed by atoms with Crippen LogP contribution in [-0.2, 0) is 9.22 Å². The van der Waals surface area contributed by atoms with Gasteiger partial charge in [-0.1, -0.05) is 120 Å². The number of benzene rings is 2. The summed E-state index contributed by atoms with van der Waals surface area (Å²) in [4.78, 5) is 12.4. The number of rotatable bonds is 10. The van der Waals surface area contributed by atoms with Gasteiger partial charge in [0.1, 0.15) is 0 Å². The highest BCUT2D eigenvalue weighted by Gasteiger charge is 2.51. The van der Waals surface area contributed by atoms with Gasteiger partial charge in [0.25, 0.3) is 8.32 Å². The number of nitrogens with one attached hydrogen (secondary N) is 1. The molecular formula is C30H44N2O2Si. The van der Waals surface area contributed by atoms with Gasteiger partial charge in [-0.25, -0.2) is 0 Å². The number of hydrogen-bond donors (Lipinski definition) is 2. The Morgan fingerprint density at radius 2 is 1.40 bits per heavy atom. The lowest BCUT2D eigenvalue weighted by molar-refractivity contribution is -0.123. The van der Waals surface area contributed by atoms with Crippen LogP contribution in [0, 0.1) is 5.41 Å². The van der Waals surface area contributed by atoms with Gasteiger partial charge in [0.2, 0.25) is 5.91 Å². The molecule has 0 saturated carbocycles. The van der Waals surface area contributed by atoms with Crippen molar-refractivity contribution in [1.82, 2.24) is 5.32 Å². The monoisotopic (exact) mass is 492 g/mol. The summed E-state index contributed by atoms with van der Waals surface area (Å²) in [6.45, 7) is 14.8. The normalized spacial score (nSPS) is 14.9. The van der Waals surface area contributed by atoms with E-state index in [4.69, 9.17) is 10.2 Å². The van der Waals surface area contributed by atoms with E-state index < -0.39 is 14.4 Å². The first-order valence-corrected chi connectivity index (χ1v) is 14.4. The van der Waals surface area contributed by atoms with E-state index in [1.807, 2.05) is 33.8 Å². The zero-order valence-electron chi connectivity index (χ0n) is 22.5. The lowest BCUT2D eigenvalue weighted by Gasteiger charge is -2.45. The van der Waals surface area contributed by atoms with Gasteiger partial charge in [0.05, 0.1) is 12.1 Å². The highest BCUT2D eigenvalue weighted by Crippen LogP contribution is 2.38. The van der Waals surface area contributed by atoms with Crippen molar-refractivity contribution in [2.45, 2.75) is 78.5 Å². The molecule has 0 fully saturated rings. The third-order valence-corrected chi connectivity index (χ3v) is 11.4. The SMILES string of the molecule is C/C=C\C[C@@H](C/C=C\NC(=O)[C@@H](N)C(C)(C)C)O[Si](c1ccccc1)(c1ccccc1)C(C)(C)C. The predicted octanol–water partition coefficient (Wildman–Crippen LogP) is 5.29. The summed E-state index contributed by atoms with van der Waals surface area (Å²) >= 11 is 0. The van der Waals surface area contributed by atoms with Crippen LogP contribution < -0.4 is 21.4 Å². The molecule has 190 valence electrons. The molecule has 0 bridgehead atoms. The van der Waals surface area contributed by atoms with E-state index in [1.165, 1.54) is 10.4 Å². The molecule has 1 amide bonds. The minimum absolute atomic E-state index is 0.0399. The number of hydrogen-bond acceptors (Lipinski definition) is 3. The summed E-state index contributed by atoms with van der Waals surface area (Å²) in [5, 5.41) is 5.28. The van der Waals surface area contributed by atoms with Gasteiger partial charge >= 0.3 is 0 Å². The molecule has 2 aromatic carbocycles. The fourth-order valence-corrected chi connectivity index (χ4v) is 8.97. The number of allylic oxidation sites excluding steroid dienone is 1. The van der Waals surface area contributed by atoms with E-state index in [-0.39, 0.29) is 22.5 Å². The van der Waals surface area contributed by atoms with Crippen LogP contribution in [0.3, 0.4) is 0 Å². The summed E-state index contributed by atoms with van der Waals surface area (Å²) in [7, 11) is -2.66. The van der Waals surface area contributed by atoms with Crippen molar-refractivity contribution in [3.8, 4) is 0 Å². The Morgan fingerprint density at radius 3 is 1.83 bits per heavy atom. The predicted molar refractivity (Wildman–Crippen MR) is 151 cm³/mol. The maximum atomic E-state index is 12.4. The van der Waals surface area contributed by atoms with Gasteiger partial charge in [0, 0.05) is 0 Å². The van der Waals surface area contributed by atoms with Crippen molar-refractivity contribution in [2.24, 2.45) is 11.1 Å². The van der Waals surface area contributed by atoms with Crippen molar-refractivity contribution >= 4 is 24.6 Å². The molecule has 0 unspecified atom stereocenters. The first-order chi connectivity index (χ1) is 16.4. The second kappa shape index (κ2) is 12.5. The standard InChI is InChI=1S/C30H44N2O2Si/c1-8-9-17-24(18-16-23-32-28(33)27(31)29(2,3)4)34-35(30(5,6)7,25-19-12-10-13-20-25)26-21-14-11-15-22-26/h8-16,19-24,27H,17-18,31H2,1-7H3,(H,32,33)/b9-8-,23-16-/t24-,27+/m0/s1. The molecule has 0 spiro atoms. The third kappa shape index (κ3) is 7.50. The number of carbonyl (C=O) groups excluding carboxylic acids is 1. The van der Waals surface area contributed by atoms with Crippen molar-refractivity contribution in [2.75, 3.05) is 0 Å². The molecule has 0 aliphatic carbocycles. The first kappa shape index (κ1) is 28.8. The van der Waals surface area contributed by atoms with Gasteiger partial charge in [-0.15, -0.1) is 0 Å². The zero-order chi connectivity index (χ0) is 26.1. The van der Waals surface area contributed by atoms with Crippen LogP contribution in [-0.4, -0.2) is 26.4 Å². The van der Waals surface area contributed by atoms with Gasteiger partial charge in [-0.05, 0) is 46.8 Å². The number of carbonyl (C=O) groups is 1. The molecule has 0 radical (unpaired) electrons. The first-order valence-electron chi connectivity index (χ1n) is 12.5. The fourth-order valence-electron chi connectivity index (χ4n) is 4.27. The average molecular weight is 493 g/mol. The molecule has 0 aliphatic heterocycles. The lowest BCUT2D eigenvalue weighted by atomic mass is 9.87. The van der Waals surface area contributed by atoms with E-state index in [1.54, 1.807) is 6.20 Å². The van der Waals surface area contributed by atoms with Gasteiger partial charge in [0.15, 0.2) is 0 Å². The van der Waals surface area contributed by atoms with Crippen LogP contribution in [0.1, 0.15) is 61.3 Å². The van der Waals surface area contributed by atoms with Crippen LogP contribution in [0.15, 0.2) is 85.1 Å². The van der Waals surface area contributed by atoms with E-state index in [0.29, 0.717) is 6.42 Å². The Bertz CT molecular complexity index is 933. The van der Waals surface area contributed by atoms with Crippen molar-refractivity contribution in [1.29, 1.82) is 0 Å². The van der Waals surface area contributed by atoms with Crippen molar-refractivity contribution in [3.63, 3.8) is 0 Å². The molecule has 35 heavy (non-hydrogen) atoms. The van der Waals surface area contributed by atoms with Crippen LogP contribution in [0.2, 0.25) is 5.04 Å². The van der Waals surface area contributed by atoms with Crippen molar-refractivity contribution in [3.05, 3.63) is 85.1 Å². The molecule has 0 saturated heterocycles. The van der Waals surface area contributed by atoms with Gasteiger partial charge in [-0.3, -0.25) is 4.79 Å². The maximum absolute atomic E-state index is 12.4. The van der Waals surface area contributed by atoms with Gasteiger partial charge in [-0.2, -0.15) is 0 Å². The van der Waals surface area contributed by atoms with Crippen LogP contribution in [0.25, 0.3) is 0 Å². The Balaban J connectivity index is 2.39.